The summed E-state index contributed by atoms with van der Waals surface area (Å²) in [7, 11) is 0. The van der Waals surface area contributed by atoms with E-state index in [-0.39, 0.29) is 5.82 Å². The highest BCUT2D eigenvalue weighted by atomic mass is 19.1. The number of fused-ring (bicyclic) bond motifs is 1. The van der Waals surface area contributed by atoms with Gasteiger partial charge in [0.1, 0.15) is 11.6 Å². The molecule has 0 saturated carbocycles. The van der Waals surface area contributed by atoms with Crippen LogP contribution in [-0.2, 0) is 6.54 Å². The highest BCUT2D eigenvalue weighted by molar-refractivity contribution is 5.76. The minimum absolute atomic E-state index is 0.192. The van der Waals surface area contributed by atoms with Gasteiger partial charge in [0.05, 0.1) is 11.0 Å². The molecule has 0 unspecified atom stereocenters. The lowest BCUT2D eigenvalue weighted by molar-refractivity contribution is 0.435. The highest BCUT2D eigenvalue weighted by Crippen LogP contribution is 2.29. The molecule has 3 nitrogen and oxygen atoms in total. The second-order valence-electron chi connectivity index (χ2n) is 6.20. The van der Waals surface area contributed by atoms with Crippen molar-refractivity contribution in [2.24, 2.45) is 0 Å². The summed E-state index contributed by atoms with van der Waals surface area (Å²) in [6.45, 7) is 2.83. The van der Waals surface area contributed by atoms with Gasteiger partial charge in [0, 0.05) is 12.5 Å². The number of nitrogens with zero attached hydrogens (tertiary/aromatic N) is 2. The fourth-order valence-electron chi connectivity index (χ4n) is 3.42. The van der Waals surface area contributed by atoms with Gasteiger partial charge in [-0.1, -0.05) is 24.3 Å². The summed E-state index contributed by atoms with van der Waals surface area (Å²) < 4.78 is 15.5. The van der Waals surface area contributed by atoms with E-state index in [1.165, 1.54) is 12.1 Å². The maximum absolute atomic E-state index is 13.2. The number of rotatable bonds is 3. The molecular formula is C19H20FN3. The van der Waals surface area contributed by atoms with Crippen molar-refractivity contribution in [3.05, 3.63) is 65.7 Å². The summed E-state index contributed by atoms with van der Waals surface area (Å²) in [5.74, 6) is 1.46. The number of hydrogen-bond donors (Lipinski definition) is 1. The summed E-state index contributed by atoms with van der Waals surface area (Å²) in [4.78, 5) is 4.91. The van der Waals surface area contributed by atoms with E-state index >= 15 is 0 Å². The molecule has 0 spiro atoms. The molecule has 1 aromatic heterocycles. The van der Waals surface area contributed by atoms with Crippen LogP contribution in [0.2, 0.25) is 0 Å². The first kappa shape index (κ1) is 14.4. The van der Waals surface area contributed by atoms with Gasteiger partial charge < -0.3 is 9.88 Å². The molecule has 4 heteroatoms. The SMILES string of the molecule is Fc1ccc(Cn2c(C3CCNCC3)nc3ccccc32)cc1. The van der Waals surface area contributed by atoms with Crippen LogP contribution in [0.15, 0.2) is 48.5 Å². The van der Waals surface area contributed by atoms with Crippen LogP contribution < -0.4 is 5.32 Å². The fraction of sp³-hybridized carbons (Fsp3) is 0.316. The maximum Gasteiger partial charge on any atom is 0.123 e. The molecule has 1 saturated heterocycles. The molecule has 2 heterocycles. The molecule has 4 rings (SSSR count). The number of aromatic nitrogens is 2. The van der Waals surface area contributed by atoms with Crippen molar-refractivity contribution in [1.82, 2.24) is 14.9 Å². The fourth-order valence-corrected chi connectivity index (χ4v) is 3.42. The molecular weight excluding hydrogens is 289 g/mol. The van der Waals surface area contributed by atoms with E-state index in [1.54, 1.807) is 0 Å². The van der Waals surface area contributed by atoms with Crippen molar-refractivity contribution in [3.63, 3.8) is 0 Å². The summed E-state index contributed by atoms with van der Waals surface area (Å²) in [6, 6.07) is 15.0. The Kier molecular flexibility index (Phi) is 3.83. The van der Waals surface area contributed by atoms with E-state index in [0.29, 0.717) is 5.92 Å². The molecule has 0 radical (unpaired) electrons. The van der Waals surface area contributed by atoms with Crippen molar-refractivity contribution in [2.45, 2.75) is 25.3 Å². The smallest absolute Gasteiger partial charge is 0.123 e. The summed E-state index contributed by atoms with van der Waals surface area (Å²) in [5, 5.41) is 3.41. The monoisotopic (exact) mass is 309 g/mol. The molecule has 1 aliphatic heterocycles. The predicted molar refractivity (Wildman–Crippen MR) is 90.1 cm³/mol. The van der Waals surface area contributed by atoms with Crippen LogP contribution in [0.1, 0.15) is 30.1 Å². The second-order valence-corrected chi connectivity index (χ2v) is 6.20. The van der Waals surface area contributed by atoms with Crippen LogP contribution in [0.25, 0.3) is 11.0 Å². The van der Waals surface area contributed by atoms with Crippen molar-refractivity contribution in [3.8, 4) is 0 Å². The van der Waals surface area contributed by atoms with Crippen molar-refractivity contribution < 1.29 is 4.39 Å². The Hall–Kier alpha value is -2.20. The molecule has 23 heavy (non-hydrogen) atoms. The first-order valence-electron chi connectivity index (χ1n) is 8.21. The maximum atomic E-state index is 13.2. The molecule has 118 valence electrons. The van der Waals surface area contributed by atoms with Gasteiger partial charge >= 0.3 is 0 Å². The quantitative estimate of drug-likeness (QED) is 0.799. The lowest BCUT2D eigenvalue weighted by Crippen LogP contribution is -2.28. The molecule has 0 bridgehead atoms. The summed E-state index contributed by atoms with van der Waals surface area (Å²) in [6.07, 6.45) is 2.24. The number of imidazole rings is 1. The average molecular weight is 309 g/mol. The molecule has 0 atom stereocenters. The Morgan fingerprint density at radius 2 is 1.78 bits per heavy atom. The highest BCUT2D eigenvalue weighted by Gasteiger charge is 2.22. The number of piperidine rings is 1. The van der Waals surface area contributed by atoms with Crippen LogP contribution >= 0.6 is 0 Å². The van der Waals surface area contributed by atoms with Crippen LogP contribution in [-0.4, -0.2) is 22.6 Å². The molecule has 1 fully saturated rings. The van der Waals surface area contributed by atoms with Gasteiger partial charge in [0.2, 0.25) is 0 Å². The van der Waals surface area contributed by atoms with Gasteiger partial charge in [-0.3, -0.25) is 0 Å². The van der Waals surface area contributed by atoms with Crippen LogP contribution in [0.4, 0.5) is 4.39 Å². The first-order chi connectivity index (χ1) is 11.3. The standard InChI is InChI=1S/C19H20FN3/c20-16-7-5-14(6-8-16)13-23-18-4-2-1-3-17(18)22-19(23)15-9-11-21-12-10-15/h1-8,15,21H,9-13H2. The zero-order valence-electron chi connectivity index (χ0n) is 13.0. The average Bonchev–Trinajstić information content (AvgIpc) is 2.96. The van der Waals surface area contributed by atoms with Crippen LogP contribution in [0.3, 0.4) is 0 Å². The van der Waals surface area contributed by atoms with Gasteiger partial charge in [-0.2, -0.15) is 0 Å². The second kappa shape index (κ2) is 6.13. The molecule has 0 aliphatic carbocycles. The zero-order chi connectivity index (χ0) is 15.6. The third kappa shape index (κ3) is 2.86. The molecule has 2 aromatic carbocycles. The molecule has 0 amide bonds. The number of para-hydroxylation sites is 2. The Morgan fingerprint density at radius 3 is 2.57 bits per heavy atom. The van der Waals surface area contributed by atoms with Gasteiger partial charge in [-0.25, -0.2) is 9.37 Å². The van der Waals surface area contributed by atoms with E-state index in [4.69, 9.17) is 4.98 Å². The van der Waals surface area contributed by atoms with E-state index in [1.807, 2.05) is 18.2 Å². The third-order valence-corrected chi connectivity index (χ3v) is 4.64. The van der Waals surface area contributed by atoms with Crippen molar-refractivity contribution in [2.75, 3.05) is 13.1 Å². The van der Waals surface area contributed by atoms with Gasteiger partial charge in [-0.05, 0) is 55.8 Å². The third-order valence-electron chi connectivity index (χ3n) is 4.64. The Labute approximate surface area is 135 Å². The number of nitrogens with one attached hydrogen (secondary N) is 1. The topological polar surface area (TPSA) is 29.9 Å². The minimum Gasteiger partial charge on any atom is -0.323 e. The number of benzene rings is 2. The van der Waals surface area contributed by atoms with E-state index in [9.17, 15) is 4.39 Å². The molecule has 3 aromatic rings. The molecule has 1 N–H and O–H groups in total. The van der Waals surface area contributed by atoms with Crippen molar-refractivity contribution >= 4 is 11.0 Å². The zero-order valence-corrected chi connectivity index (χ0v) is 13.0. The van der Waals surface area contributed by atoms with Gasteiger partial charge in [0.15, 0.2) is 0 Å². The van der Waals surface area contributed by atoms with E-state index in [2.05, 4.69) is 28.1 Å². The predicted octanol–water partition coefficient (Wildman–Crippen LogP) is 3.69. The lowest BCUT2D eigenvalue weighted by atomic mass is 9.97. The minimum atomic E-state index is -0.192. The Balaban J connectivity index is 1.77. The summed E-state index contributed by atoms with van der Waals surface area (Å²) >= 11 is 0. The lowest BCUT2D eigenvalue weighted by Gasteiger charge is -2.23. The van der Waals surface area contributed by atoms with Crippen molar-refractivity contribution in [1.29, 1.82) is 0 Å². The largest absolute Gasteiger partial charge is 0.323 e. The Morgan fingerprint density at radius 1 is 1.04 bits per heavy atom. The van der Waals surface area contributed by atoms with E-state index in [0.717, 1.165) is 54.9 Å². The van der Waals surface area contributed by atoms with Gasteiger partial charge in [0.25, 0.3) is 0 Å². The number of hydrogen-bond acceptors (Lipinski definition) is 2. The molecule has 1 aliphatic rings. The van der Waals surface area contributed by atoms with Gasteiger partial charge in [-0.15, -0.1) is 0 Å². The number of halogens is 1. The summed E-state index contributed by atoms with van der Waals surface area (Å²) in [5.41, 5.74) is 3.30. The Bertz CT molecular complexity index is 801. The van der Waals surface area contributed by atoms with Crippen LogP contribution in [0, 0.1) is 5.82 Å². The van der Waals surface area contributed by atoms with E-state index < -0.39 is 0 Å². The normalized spacial score (nSPS) is 16.0. The first-order valence-corrected chi connectivity index (χ1v) is 8.21. The van der Waals surface area contributed by atoms with Crippen LogP contribution in [0.5, 0.6) is 0 Å².